The maximum atomic E-state index is 13.2. The summed E-state index contributed by atoms with van der Waals surface area (Å²) in [6.07, 6.45) is 0.987. The summed E-state index contributed by atoms with van der Waals surface area (Å²) >= 11 is 0. The zero-order valence-electron chi connectivity index (χ0n) is 10.9. The molecule has 0 radical (unpaired) electrons. The SMILES string of the molecule is CC(N)C1CCN(Cc2cc(F)ccc2[N+](=O)[O-])C1. The summed E-state index contributed by atoms with van der Waals surface area (Å²) in [5, 5.41) is 10.9. The first kappa shape index (κ1) is 13.9. The molecule has 1 fully saturated rings. The van der Waals surface area contributed by atoms with Gasteiger partial charge >= 0.3 is 0 Å². The molecule has 2 N–H and O–H groups in total. The lowest BCUT2D eigenvalue weighted by molar-refractivity contribution is -0.385. The molecule has 2 atom stereocenters. The Morgan fingerprint density at radius 2 is 2.37 bits per heavy atom. The minimum atomic E-state index is -0.464. The van der Waals surface area contributed by atoms with Crippen LogP contribution < -0.4 is 5.73 Å². The second-order valence-electron chi connectivity index (χ2n) is 5.17. The minimum absolute atomic E-state index is 0.0225. The number of nitro benzene ring substituents is 1. The van der Waals surface area contributed by atoms with E-state index in [1.165, 1.54) is 12.1 Å². The highest BCUT2D eigenvalue weighted by atomic mass is 19.1. The number of rotatable bonds is 4. The Hall–Kier alpha value is -1.53. The molecule has 1 aromatic rings. The van der Waals surface area contributed by atoms with Crippen LogP contribution in [0.5, 0.6) is 0 Å². The molecule has 2 unspecified atom stereocenters. The van der Waals surface area contributed by atoms with Crippen molar-refractivity contribution in [3.05, 3.63) is 39.7 Å². The third kappa shape index (κ3) is 3.27. The molecular weight excluding hydrogens is 249 g/mol. The van der Waals surface area contributed by atoms with Crippen LogP contribution in [0.4, 0.5) is 10.1 Å². The number of hydrogen-bond acceptors (Lipinski definition) is 4. The average molecular weight is 267 g/mol. The molecule has 0 aromatic heterocycles. The van der Waals surface area contributed by atoms with Gasteiger partial charge in [0.15, 0.2) is 0 Å². The number of nitrogens with two attached hydrogens (primary N) is 1. The molecule has 104 valence electrons. The molecule has 1 aromatic carbocycles. The number of halogens is 1. The van der Waals surface area contributed by atoms with Gasteiger partial charge in [-0.25, -0.2) is 4.39 Å². The van der Waals surface area contributed by atoms with Crippen LogP contribution in [0.2, 0.25) is 0 Å². The van der Waals surface area contributed by atoms with Crippen molar-refractivity contribution in [1.29, 1.82) is 0 Å². The van der Waals surface area contributed by atoms with Gasteiger partial charge in [0.25, 0.3) is 5.69 Å². The lowest BCUT2D eigenvalue weighted by Gasteiger charge is -2.17. The molecule has 1 aliphatic rings. The largest absolute Gasteiger partial charge is 0.328 e. The molecule has 19 heavy (non-hydrogen) atoms. The van der Waals surface area contributed by atoms with Gasteiger partial charge in [-0.3, -0.25) is 15.0 Å². The van der Waals surface area contributed by atoms with Crippen LogP contribution in [0.3, 0.4) is 0 Å². The van der Waals surface area contributed by atoms with Gasteiger partial charge in [0, 0.05) is 30.8 Å². The summed E-state index contributed by atoms with van der Waals surface area (Å²) < 4.78 is 13.2. The molecule has 5 nitrogen and oxygen atoms in total. The second kappa shape index (κ2) is 5.63. The highest BCUT2D eigenvalue weighted by molar-refractivity contribution is 5.40. The monoisotopic (exact) mass is 267 g/mol. The number of benzene rings is 1. The Kier molecular flexibility index (Phi) is 4.11. The van der Waals surface area contributed by atoms with Gasteiger partial charge < -0.3 is 5.73 Å². The Morgan fingerprint density at radius 3 is 2.95 bits per heavy atom. The highest BCUT2D eigenvalue weighted by Crippen LogP contribution is 2.25. The average Bonchev–Trinajstić information content (AvgIpc) is 2.77. The van der Waals surface area contributed by atoms with Crippen molar-refractivity contribution < 1.29 is 9.31 Å². The third-order valence-corrected chi connectivity index (χ3v) is 3.68. The van der Waals surface area contributed by atoms with E-state index in [1.54, 1.807) is 0 Å². The number of nitrogens with zero attached hydrogens (tertiary/aromatic N) is 2. The first-order valence-corrected chi connectivity index (χ1v) is 6.38. The lowest BCUT2D eigenvalue weighted by atomic mass is 10.0. The molecule has 1 saturated heterocycles. The molecule has 2 rings (SSSR count). The molecule has 0 aliphatic carbocycles. The summed E-state index contributed by atoms with van der Waals surface area (Å²) in [6.45, 7) is 4.03. The molecule has 0 bridgehead atoms. The Labute approximate surface area is 111 Å². The van der Waals surface area contributed by atoms with Gasteiger partial charge in [-0.05, 0) is 37.9 Å². The van der Waals surface area contributed by atoms with Crippen LogP contribution in [0.1, 0.15) is 18.9 Å². The van der Waals surface area contributed by atoms with Crippen molar-refractivity contribution >= 4 is 5.69 Å². The van der Waals surface area contributed by atoms with Gasteiger partial charge in [-0.1, -0.05) is 0 Å². The first-order valence-electron chi connectivity index (χ1n) is 6.38. The van der Waals surface area contributed by atoms with E-state index in [-0.39, 0.29) is 11.7 Å². The summed E-state index contributed by atoms with van der Waals surface area (Å²) in [5.74, 6) is -0.0313. The van der Waals surface area contributed by atoms with Gasteiger partial charge in [-0.2, -0.15) is 0 Å². The zero-order chi connectivity index (χ0) is 14.0. The van der Waals surface area contributed by atoms with E-state index >= 15 is 0 Å². The van der Waals surface area contributed by atoms with Gasteiger partial charge in [-0.15, -0.1) is 0 Å². The number of hydrogen-bond donors (Lipinski definition) is 1. The molecule has 0 spiro atoms. The minimum Gasteiger partial charge on any atom is -0.328 e. The van der Waals surface area contributed by atoms with Gasteiger partial charge in [0.1, 0.15) is 5.82 Å². The van der Waals surface area contributed by atoms with E-state index in [2.05, 4.69) is 4.90 Å². The van der Waals surface area contributed by atoms with Crippen LogP contribution >= 0.6 is 0 Å². The fourth-order valence-electron chi connectivity index (χ4n) is 2.54. The van der Waals surface area contributed by atoms with Crippen molar-refractivity contribution in [3.63, 3.8) is 0 Å². The summed E-state index contributed by atoms with van der Waals surface area (Å²) in [5.41, 5.74) is 6.26. The van der Waals surface area contributed by atoms with Gasteiger partial charge in [0.2, 0.25) is 0 Å². The predicted octanol–water partition coefficient (Wildman–Crippen LogP) is 1.90. The van der Waals surface area contributed by atoms with E-state index in [0.29, 0.717) is 18.0 Å². The van der Waals surface area contributed by atoms with Crippen LogP contribution in [0.25, 0.3) is 0 Å². The molecule has 6 heteroatoms. The van der Waals surface area contributed by atoms with Crippen LogP contribution in [-0.4, -0.2) is 29.0 Å². The topological polar surface area (TPSA) is 72.4 Å². The maximum Gasteiger partial charge on any atom is 0.274 e. The number of likely N-dealkylation sites (tertiary alicyclic amines) is 1. The van der Waals surface area contributed by atoms with Crippen molar-refractivity contribution in [2.75, 3.05) is 13.1 Å². The molecule has 0 amide bonds. The van der Waals surface area contributed by atoms with Gasteiger partial charge in [0.05, 0.1) is 4.92 Å². The van der Waals surface area contributed by atoms with E-state index in [1.807, 2.05) is 6.92 Å². The third-order valence-electron chi connectivity index (χ3n) is 3.68. The van der Waals surface area contributed by atoms with E-state index in [0.717, 1.165) is 25.6 Å². The Balaban J connectivity index is 2.11. The normalized spacial score (nSPS) is 21.5. The lowest BCUT2D eigenvalue weighted by Crippen LogP contribution is -2.29. The quantitative estimate of drug-likeness (QED) is 0.668. The predicted molar refractivity (Wildman–Crippen MR) is 70.1 cm³/mol. The van der Waals surface area contributed by atoms with Crippen LogP contribution in [-0.2, 0) is 6.54 Å². The van der Waals surface area contributed by atoms with Crippen molar-refractivity contribution in [1.82, 2.24) is 4.90 Å². The second-order valence-corrected chi connectivity index (χ2v) is 5.17. The summed E-state index contributed by atoms with van der Waals surface area (Å²) in [6, 6.07) is 3.71. The zero-order valence-corrected chi connectivity index (χ0v) is 10.9. The van der Waals surface area contributed by atoms with Crippen LogP contribution in [0, 0.1) is 21.8 Å². The Bertz CT molecular complexity index is 479. The smallest absolute Gasteiger partial charge is 0.274 e. The van der Waals surface area contributed by atoms with Crippen molar-refractivity contribution in [3.8, 4) is 0 Å². The van der Waals surface area contributed by atoms with Crippen LogP contribution in [0.15, 0.2) is 18.2 Å². The summed E-state index contributed by atoms with van der Waals surface area (Å²) in [4.78, 5) is 12.6. The molecule has 0 saturated carbocycles. The van der Waals surface area contributed by atoms with E-state index in [4.69, 9.17) is 5.73 Å². The fraction of sp³-hybridized carbons (Fsp3) is 0.538. The van der Waals surface area contributed by atoms with E-state index < -0.39 is 10.7 Å². The highest BCUT2D eigenvalue weighted by Gasteiger charge is 2.27. The number of nitro groups is 1. The summed E-state index contributed by atoms with van der Waals surface area (Å²) in [7, 11) is 0. The van der Waals surface area contributed by atoms with E-state index in [9.17, 15) is 14.5 Å². The molecule has 1 aliphatic heterocycles. The van der Waals surface area contributed by atoms with Crippen molar-refractivity contribution in [2.24, 2.45) is 11.7 Å². The standard InChI is InChI=1S/C13H18FN3O2/c1-9(15)10-4-5-16(7-10)8-11-6-12(14)2-3-13(11)17(18)19/h2-3,6,9-10H,4-5,7-8,15H2,1H3. The fourth-order valence-corrected chi connectivity index (χ4v) is 2.54. The molecular formula is C13H18FN3O2. The molecule has 1 heterocycles. The Morgan fingerprint density at radius 1 is 1.63 bits per heavy atom. The maximum absolute atomic E-state index is 13.2. The van der Waals surface area contributed by atoms with Crippen molar-refractivity contribution in [2.45, 2.75) is 25.9 Å². The first-order chi connectivity index (χ1) is 8.97.